The van der Waals surface area contributed by atoms with Crippen LogP contribution in [0.4, 0.5) is 5.82 Å². The predicted octanol–water partition coefficient (Wildman–Crippen LogP) is 2.23. The zero-order chi connectivity index (χ0) is 22.0. The van der Waals surface area contributed by atoms with Crippen LogP contribution in [0.3, 0.4) is 0 Å². The van der Waals surface area contributed by atoms with Crippen LogP contribution in [0, 0.1) is 11.8 Å². The zero-order valence-electron chi connectivity index (χ0n) is 17.5. The van der Waals surface area contributed by atoms with Gasteiger partial charge in [-0.1, -0.05) is 12.5 Å². The Morgan fingerprint density at radius 2 is 2.00 bits per heavy atom. The van der Waals surface area contributed by atoms with Crippen LogP contribution in [0.1, 0.15) is 29.4 Å². The van der Waals surface area contributed by atoms with E-state index >= 15 is 0 Å². The first-order chi connectivity index (χ1) is 15.0. The highest BCUT2D eigenvalue weighted by Crippen LogP contribution is 2.30. The summed E-state index contributed by atoms with van der Waals surface area (Å²) in [6, 6.07) is 5.44. The van der Waals surface area contributed by atoms with E-state index < -0.39 is 0 Å². The number of carbonyl (C=O) groups excluding carboxylic acids is 1. The van der Waals surface area contributed by atoms with Crippen molar-refractivity contribution in [3.8, 4) is 23.3 Å². The predicted molar refractivity (Wildman–Crippen MR) is 117 cm³/mol. The van der Waals surface area contributed by atoms with Gasteiger partial charge in [-0.3, -0.25) is 9.20 Å². The lowest BCUT2D eigenvalue weighted by atomic mass is 10.1. The number of anilines is 1. The van der Waals surface area contributed by atoms with Crippen molar-refractivity contribution in [3.63, 3.8) is 0 Å². The van der Waals surface area contributed by atoms with Crippen molar-refractivity contribution in [2.24, 2.45) is 0 Å². The summed E-state index contributed by atoms with van der Waals surface area (Å²) in [5.74, 6) is 8.72. The van der Waals surface area contributed by atoms with Crippen LogP contribution in [-0.2, 0) is 4.79 Å². The number of nitrogens with two attached hydrogens (primary N) is 1. The number of aromatic nitrogens is 3. The molecule has 2 N–H and O–H groups in total. The number of likely N-dealkylation sites (tertiary alicyclic amines) is 1. The highest BCUT2D eigenvalue weighted by molar-refractivity contribution is 5.87. The largest absolute Gasteiger partial charge is 0.497 e. The summed E-state index contributed by atoms with van der Waals surface area (Å²) < 4.78 is 12.5. The van der Waals surface area contributed by atoms with Gasteiger partial charge in [-0.15, -0.1) is 0 Å². The molecule has 0 spiro atoms. The van der Waals surface area contributed by atoms with E-state index in [4.69, 9.17) is 20.2 Å². The van der Waals surface area contributed by atoms with Gasteiger partial charge in [0.15, 0.2) is 5.82 Å². The van der Waals surface area contributed by atoms with Crippen LogP contribution in [-0.4, -0.2) is 52.5 Å². The van der Waals surface area contributed by atoms with E-state index in [0.717, 1.165) is 17.8 Å². The third kappa shape index (κ3) is 3.90. The Hall–Kier alpha value is -3.99. The molecule has 1 amide bonds. The SMILES string of the molecule is C=CC(=O)N1CC[C@@H](c2nc(C#Cc3cc(OC)cc(OC)c3)c3c(N)nccn23)C1. The average molecular weight is 417 g/mol. The highest BCUT2D eigenvalue weighted by Gasteiger charge is 2.30. The van der Waals surface area contributed by atoms with E-state index in [9.17, 15) is 4.79 Å². The number of methoxy groups -OCH3 is 2. The van der Waals surface area contributed by atoms with Gasteiger partial charge in [0, 0.05) is 43.0 Å². The van der Waals surface area contributed by atoms with Gasteiger partial charge >= 0.3 is 0 Å². The number of carbonyl (C=O) groups is 1. The Kier molecular flexibility index (Phi) is 5.50. The van der Waals surface area contributed by atoms with Crippen molar-refractivity contribution in [2.75, 3.05) is 33.0 Å². The van der Waals surface area contributed by atoms with Crippen LogP contribution in [0.25, 0.3) is 5.52 Å². The van der Waals surface area contributed by atoms with Crippen molar-refractivity contribution in [1.82, 2.24) is 19.3 Å². The maximum absolute atomic E-state index is 12.0. The molecule has 8 nitrogen and oxygen atoms in total. The highest BCUT2D eigenvalue weighted by atomic mass is 16.5. The molecule has 1 atom stereocenters. The van der Waals surface area contributed by atoms with Gasteiger partial charge in [0.2, 0.25) is 5.91 Å². The summed E-state index contributed by atoms with van der Waals surface area (Å²) in [5.41, 5.74) is 8.09. The van der Waals surface area contributed by atoms with Crippen molar-refractivity contribution in [3.05, 3.63) is 60.3 Å². The summed E-state index contributed by atoms with van der Waals surface area (Å²) >= 11 is 0. The fourth-order valence-electron chi connectivity index (χ4n) is 3.77. The van der Waals surface area contributed by atoms with Gasteiger partial charge < -0.3 is 20.1 Å². The molecule has 0 unspecified atom stereocenters. The standard InChI is InChI=1S/C23H23N5O3/c1-4-20(29)27-9-7-16(14-27)23-26-19(21-22(24)25-8-10-28(21)23)6-5-15-11-17(30-2)13-18(12-15)31-3/h4,8,10-13,16H,1,7,9,14H2,2-3H3,(H2,24,25)/t16-/m1/s1. The summed E-state index contributed by atoms with van der Waals surface area (Å²) in [6.45, 7) is 4.81. The van der Waals surface area contributed by atoms with E-state index in [1.807, 2.05) is 22.7 Å². The number of rotatable bonds is 4. The first-order valence-electron chi connectivity index (χ1n) is 9.83. The minimum Gasteiger partial charge on any atom is -0.497 e. The number of nitrogens with zero attached hydrogens (tertiary/aromatic N) is 4. The summed E-state index contributed by atoms with van der Waals surface area (Å²) in [5, 5.41) is 0. The molecule has 2 aromatic heterocycles. The Labute approximate surface area is 180 Å². The number of hydrogen-bond donors (Lipinski definition) is 1. The Bertz CT molecular complexity index is 1200. The number of hydrogen-bond acceptors (Lipinski definition) is 6. The van der Waals surface area contributed by atoms with Crippen LogP contribution in [0.15, 0.2) is 43.2 Å². The number of imidazole rings is 1. The molecule has 1 fully saturated rings. The van der Waals surface area contributed by atoms with Crippen LogP contribution in [0.5, 0.6) is 11.5 Å². The van der Waals surface area contributed by atoms with E-state index in [2.05, 4.69) is 23.4 Å². The molecular formula is C23H23N5O3. The maximum Gasteiger partial charge on any atom is 0.245 e. The lowest BCUT2D eigenvalue weighted by Gasteiger charge is -2.13. The molecule has 31 heavy (non-hydrogen) atoms. The van der Waals surface area contributed by atoms with E-state index in [1.54, 1.807) is 31.4 Å². The topological polar surface area (TPSA) is 95.0 Å². The lowest BCUT2D eigenvalue weighted by molar-refractivity contribution is -0.125. The fourth-order valence-corrected chi connectivity index (χ4v) is 3.77. The minimum absolute atomic E-state index is 0.0727. The van der Waals surface area contributed by atoms with Crippen molar-refractivity contribution < 1.29 is 14.3 Å². The number of nitrogen functional groups attached to an aromatic ring is 1. The monoisotopic (exact) mass is 417 g/mol. The smallest absolute Gasteiger partial charge is 0.245 e. The maximum atomic E-state index is 12.0. The molecule has 1 aliphatic rings. The normalized spacial score (nSPS) is 15.4. The Balaban J connectivity index is 1.75. The second kappa shape index (κ2) is 8.40. The molecule has 0 radical (unpaired) electrons. The molecule has 4 rings (SSSR count). The molecule has 3 heterocycles. The molecular weight excluding hydrogens is 394 g/mol. The van der Waals surface area contributed by atoms with E-state index in [-0.39, 0.29) is 11.8 Å². The number of fused-ring (bicyclic) bond motifs is 1. The van der Waals surface area contributed by atoms with Gasteiger partial charge in [0.1, 0.15) is 28.5 Å². The van der Waals surface area contributed by atoms with Crippen LogP contribution in [0.2, 0.25) is 0 Å². The molecule has 158 valence electrons. The molecule has 3 aromatic rings. The quantitative estimate of drug-likeness (QED) is 0.517. The summed E-state index contributed by atoms with van der Waals surface area (Å²) in [7, 11) is 3.19. The molecule has 0 aliphatic carbocycles. The molecule has 0 saturated carbocycles. The third-order valence-corrected chi connectivity index (χ3v) is 5.33. The molecule has 0 bridgehead atoms. The second-order valence-corrected chi connectivity index (χ2v) is 7.18. The lowest BCUT2D eigenvalue weighted by Crippen LogP contribution is -2.26. The molecule has 1 aliphatic heterocycles. The third-order valence-electron chi connectivity index (χ3n) is 5.33. The van der Waals surface area contributed by atoms with Crippen LogP contribution >= 0.6 is 0 Å². The first-order valence-corrected chi connectivity index (χ1v) is 9.83. The fraction of sp³-hybridized carbons (Fsp3) is 0.261. The van der Waals surface area contributed by atoms with Gasteiger partial charge in [0.05, 0.1) is 14.2 Å². The van der Waals surface area contributed by atoms with E-state index in [1.165, 1.54) is 6.08 Å². The number of benzene rings is 1. The molecule has 8 heteroatoms. The average Bonchev–Trinajstić information content (AvgIpc) is 3.42. The van der Waals surface area contributed by atoms with Gasteiger partial charge in [-0.25, -0.2) is 9.97 Å². The number of ether oxygens (including phenoxy) is 2. The van der Waals surface area contributed by atoms with Gasteiger partial charge in [-0.05, 0) is 30.6 Å². The van der Waals surface area contributed by atoms with Gasteiger partial charge in [0.25, 0.3) is 0 Å². The molecule has 1 saturated heterocycles. The first kappa shape index (κ1) is 20.3. The minimum atomic E-state index is -0.0727. The number of amides is 1. The molecule has 1 aromatic carbocycles. The second-order valence-electron chi connectivity index (χ2n) is 7.18. The van der Waals surface area contributed by atoms with E-state index in [0.29, 0.717) is 41.6 Å². The van der Waals surface area contributed by atoms with Crippen LogP contribution < -0.4 is 15.2 Å². The van der Waals surface area contributed by atoms with Crippen molar-refractivity contribution in [1.29, 1.82) is 0 Å². The zero-order valence-corrected chi connectivity index (χ0v) is 17.5. The summed E-state index contributed by atoms with van der Waals surface area (Å²) in [6.07, 6.45) is 5.61. The van der Waals surface area contributed by atoms with Crippen molar-refractivity contribution in [2.45, 2.75) is 12.3 Å². The Morgan fingerprint density at radius 1 is 1.26 bits per heavy atom. The van der Waals surface area contributed by atoms with Crippen molar-refractivity contribution >= 4 is 17.2 Å². The summed E-state index contributed by atoms with van der Waals surface area (Å²) in [4.78, 5) is 22.8. The van der Waals surface area contributed by atoms with Gasteiger partial charge in [-0.2, -0.15) is 0 Å². The Morgan fingerprint density at radius 3 is 2.68 bits per heavy atom.